The molecule has 1 heterocycles. The Labute approximate surface area is 115 Å². The van der Waals surface area contributed by atoms with E-state index in [4.69, 9.17) is 10.2 Å². The molecule has 102 valence electrons. The second-order valence-electron chi connectivity index (χ2n) is 4.70. The molecule has 3 nitrogen and oxygen atoms in total. The molecule has 0 saturated carbocycles. The van der Waals surface area contributed by atoms with Crippen LogP contribution in [0.3, 0.4) is 0 Å². The number of benzene rings is 1. The van der Waals surface area contributed by atoms with E-state index < -0.39 is 0 Å². The predicted octanol–water partition coefficient (Wildman–Crippen LogP) is 3.72. The van der Waals surface area contributed by atoms with E-state index in [1.165, 1.54) is 11.3 Å². The monoisotopic (exact) mass is 258 g/mol. The zero-order valence-electron chi connectivity index (χ0n) is 11.7. The lowest BCUT2D eigenvalue weighted by atomic mass is 10.1. The topological polar surface area (TPSA) is 42.4 Å². The molecule has 0 aliphatic heterocycles. The summed E-state index contributed by atoms with van der Waals surface area (Å²) in [4.78, 5) is 2.28. The van der Waals surface area contributed by atoms with Crippen LogP contribution in [0.4, 0.5) is 5.69 Å². The Morgan fingerprint density at radius 1 is 1.16 bits per heavy atom. The van der Waals surface area contributed by atoms with Crippen LogP contribution in [-0.4, -0.2) is 6.54 Å². The molecule has 0 spiro atoms. The van der Waals surface area contributed by atoms with Crippen molar-refractivity contribution >= 4 is 5.69 Å². The van der Waals surface area contributed by atoms with Gasteiger partial charge in [0.1, 0.15) is 5.76 Å². The molecular weight excluding hydrogens is 236 g/mol. The molecule has 0 aliphatic carbocycles. The van der Waals surface area contributed by atoms with Crippen LogP contribution >= 0.6 is 0 Å². The molecule has 0 bridgehead atoms. The number of nitrogens with two attached hydrogens (primary N) is 1. The van der Waals surface area contributed by atoms with Gasteiger partial charge in [-0.15, -0.1) is 0 Å². The summed E-state index contributed by atoms with van der Waals surface area (Å²) in [5, 5.41) is 0. The SMILES string of the molecule is CC[C@@H](N)c1ccc(N(CC)Cc2ccco2)cc1. The number of anilines is 1. The Balaban J connectivity index is 2.10. The largest absolute Gasteiger partial charge is 0.467 e. The summed E-state index contributed by atoms with van der Waals surface area (Å²) in [6.07, 6.45) is 2.68. The molecule has 2 N–H and O–H groups in total. The Kier molecular flexibility index (Phi) is 4.63. The van der Waals surface area contributed by atoms with Gasteiger partial charge in [-0.05, 0) is 43.2 Å². The van der Waals surface area contributed by atoms with E-state index >= 15 is 0 Å². The van der Waals surface area contributed by atoms with Gasteiger partial charge in [0.15, 0.2) is 0 Å². The second-order valence-corrected chi connectivity index (χ2v) is 4.70. The number of nitrogens with zero attached hydrogens (tertiary/aromatic N) is 1. The number of furan rings is 1. The Hall–Kier alpha value is -1.74. The summed E-state index contributed by atoms with van der Waals surface area (Å²) in [5.41, 5.74) is 8.43. The predicted molar refractivity (Wildman–Crippen MR) is 79.1 cm³/mol. The van der Waals surface area contributed by atoms with Gasteiger partial charge in [-0.25, -0.2) is 0 Å². The first-order chi connectivity index (χ1) is 9.24. The second kappa shape index (κ2) is 6.43. The van der Waals surface area contributed by atoms with Crippen molar-refractivity contribution in [2.45, 2.75) is 32.9 Å². The minimum atomic E-state index is 0.134. The first-order valence-electron chi connectivity index (χ1n) is 6.87. The van der Waals surface area contributed by atoms with Gasteiger partial charge in [0.2, 0.25) is 0 Å². The van der Waals surface area contributed by atoms with Crippen LogP contribution in [0.15, 0.2) is 47.1 Å². The lowest BCUT2D eigenvalue weighted by molar-refractivity contribution is 0.503. The quantitative estimate of drug-likeness (QED) is 0.858. The summed E-state index contributed by atoms with van der Waals surface area (Å²) in [5.74, 6) is 0.983. The van der Waals surface area contributed by atoms with Crippen molar-refractivity contribution in [1.82, 2.24) is 0 Å². The molecule has 0 aliphatic rings. The van der Waals surface area contributed by atoms with Crippen LogP contribution in [0.25, 0.3) is 0 Å². The van der Waals surface area contributed by atoms with Gasteiger partial charge in [0.05, 0.1) is 12.8 Å². The Bertz CT molecular complexity index is 476. The van der Waals surface area contributed by atoms with Gasteiger partial charge in [0.25, 0.3) is 0 Å². The average Bonchev–Trinajstić information content (AvgIpc) is 2.97. The fraction of sp³-hybridized carbons (Fsp3) is 0.375. The molecule has 2 rings (SSSR count). The van der Waals surface area contributed by atoms with Crippen molar-refractivity contribution in [1.29, 1.82) is 0 Å². The third kappa shape index (κ3) is 3.38. The van der Waals surface area contributed by atoms with E-state index in [1.807, 2.05) is 12.1 Å². The molecule has 3 heteroatoms. The molecule has 0 fully saturated rings. The molecule has 0 amide bonds. The van der Waals surface area contributed by atoms with Crippen molar-refractivity contribution in [3.8, 4) is 0 Å². The first kappa shape index (κ1) is 13.7. The van der Waals surface area contributed by atoms with Crippen LogP contribution < -0.4 is 10.6 Å². The summed E-state index contributed by atoms with van der Waals surface area (Å²) in [6.45, 7) is 5.99. The van der Waals surface area contributed by atoms with Gasteiger partial charge in [0, 0.05) is 18.3 Å². The maximum absolute atomic E-state index is 6.03. The van der Waals surface area contributed by atoms with Crippen molar-refractivity contribution in [3.05, 3.63) is 54.0 Å². The van der Waals surface area contributed by atoms with E-state index in [1.54, 1.807) is 6.26 Å². The highest BCUT2D eigenvalue weighted by Gasteiger charge is 2.08. The van der Waals surface area contributed by atoms with Gasteiger partial charge in [-0.3, -0.25) is 0 Å². The van der Waals surface area contributed by atoms with E-state index in [0.717, 1.165) is 25.3 Å². The molecular formula is C16H22N2O. The van der Waals surface area contributed by atoms with Gasteiger partial charge >= 0.3 is 0 Å². The molecule has 1 aromatic carbocycles. The maximum atomic E-state index is 6.03. The van der Waals surface area contributed by atoms with E-state index in [-0.39, 0.29) is 6.04 Å². The fourth-order valence-corrected chi connectivity index (χ4v) is 2.14. The third-order valence-corrected chi connectivity index (χ3v) is 3.43. The third-order valence-electron chi connectivity index (χ3n) is 3.43. The fourth-order valence-electron chi connectivity index (χ4n) is 2.14. The van der Waals surface area contributed by atoms with Crippen molar-refractivity contribution in [2.75, 3.05) is 11.4 Å². The smallest absolute Gasteiger partial charge is 0.123 e. The highest BCUT2D eigenvalue weighted by Crippen LogP contribution is 2.21. The first-order valence-corrected chi connectivity index (χ1v) is 6.87. The van der Waals surface area contributed by atoms with Crippen molar-refractivity contribution in [2.24, 2.45) is 5.73 Å². The van der Waals surface area contributed by atoms with Crippen LogP contribution in [0.5, 0.6) is 0 Å². The van der Waals surface area contributed by atoms with Gasteiger partial charge < -0.3 is 15.1 Å². The lowest BCUT2D eigenvalue weighted by Gasteiger charge is -2.22. The Morgan fingerprint density at radius 2 is 1.89 bits per heavy atom. The van der Waals surface area contributed by atoms with Crippen LogP contribution in [-0.2, 0) is 6.54 Å². The number of hydrogen-bond acceptors (Lipinski definition) is 3. The zero-order chi connectivity index (χ0) is 13.7. The van der Waals surface area contributed by atoms with Crippen molar-refractivity contribution < 1.29 is 4.42 Å². The molecule has 0 saturated heterocycles. The standard InChI is InChI=1S/C16H22N2O/c1-3-16(17)13-7-9-14(10-8-13)18(4-2)12-15-6-5-11-19-15/h5-11,16H,3-4,12,17H2,1-2H3/t16-/m1/s1. The Morgan fingerprint density at radius 3 is 2.42 bits per heavy atom. The average molecular weight is 258 g/mol. The van der Waals surface area contributed by atoms with E-state index in [2.05, 4.69) is 43.0 Å². The van der Waals surface area contributed by atoms with Gasteiger partial charge in [-0.2, -0.15) is 0 Å². The highest BCUT2D eigenvalue weighted by atomic mass is 16.3. The van der Waals surface area contributed by atoms with Crippen LogP contribution in [0, 0.1) is 0 Å². The highest BCUT2D eigenvalue weighted by molar-refractivity contribution is 5.48. The number of rotatable bonds is 6. The summed E-state index contributed by atoms with van der Waals surface area (Å²) >= 11 is 0. The molecule has 0 unspecified atom stereocenters. The van der Waals surface area contributed by atoms with Gasteiger partial charge in [-0.1, -0.05) is 19.1 Å². The number of hydrogen-bond donors (Lipinski definition) is 1. The molecule has 19 heavy (non-hydrogen) atoms. The molecule has 2 aromatic rings. The molecule has 0 radical (unpaired) electrons. The van der Waals surface area contributed by atoms with E-state index in [0.29, 0.717) is 0 Å². The summed E-state index contributed by atoms with van der Waals surface area (Å²) in [6, 6.07) is 12.6. The van der Waals surface area contributed by atoms with Crippen LogP contribution in [0.2, 0.25) is 0 Å². The summed E-state index contributed by atoms with van der Waals surface area (Å²) in [7, 11) is 0. The zero-order valence-corrected chi connectivity index (χ0v) is 11.7. The minimum absolute atomic E-state index is 0.134. The minimum Gasteiger partial charge on any atom is -0.467 e. The maximum Gasteiger partial charge on any atom is 0.123 e. The lowest BCUT2D eigenvalue weighted by Crippen LogP contribution is -2.21. The van der Waals surface area contributed by atoms with Crippen molar-refractivity contribution in [3.63, 3.8) is 0 Å². The molecule has 1 atom stereocenters. The summed E-state index contributed by atoms with van der Waals surface area (Å²) < 4.78 is 5.40. The van der Waals surface area contributed by atoms with E-state index in [9.17, 15) is 0 Å². The molecule has 1 aromatic heterocycles. The normalized spacial score (nSPS) is 12.4. The van der Waals surface area contributed by atoms with Crippen LogP contribution in [0.1, 0.15) is 37.6 Å².